The predicted octanol–water partition coefficient (Wildman–Crippen LogP) is 6.04. The van der Waals surface area contributed by atoms with Gasteiger partial charge in [-0.15, -0.1) is 0 Å². The molecule has 4 amide bonds. The number of halogens is 1. The zero-order chi connectivity index (χ0) is 33.9. The van der Waals surface area contributed by atoms with Gasteiger partial charge >= 0.3 is 6.03 Å². The van der Waals surface area contributed by atoms with E-state index in [9.17, 15) is 23.9 Å². The molecule has 3 aromatic rings. The van der Waals surface area contributed by atoms with Crippen molar-refractivity contribution in [3.63, 3.8) is 0 Å². The molecule has 47 heavy (non-hydrogen) atoms. The second kappa shape index (κ2) is 16.9. The monoisotopic (exact) mass is 648 g/mol. The van der Waals surface area contributed by atoms with Gasteiger partial charge in [0.15, 0.2) is 0 Å². The maximum absolute atomic E-state index is 14.3. The molecule has 1 aliphatic heterocycles. The van der Waals surface area contributed by atoms with Crippen molar-refractivity contribution in [1.82, 2.24) is 9.80 Å². The second-order valence-electron chi connectivity index (χ2n) is 12.1. The highest BCUT2D eigenvalue weighted by atomic mass is 19.1. The van der Waals surface area contributed by atoms with E-state index in [4.69, 9.17) is 9.47 Å². The topological polar surface area (TPSA) is 120 Å². The Bertz CT molecular complexity index is 1490. The van der Waals surface area contributed by atoms with Gasteiger partial charge in [0.1, 0.15) is 11.6 Å². The number of benzene rings is 3. The van der Waals surface area contributed by atoms with Crippen molar-refractivity contribution < 1.29 is 33.4 Å². The summed E-state index contributed by atoms with van der Waals surface area (Å²) in [5.74, 6) is -0.772. The largest absolute Gasteiger partial charge is 0.490 e. The predicted molar refractivity (Wildman–Crippen MR) is 179 cm³/mol. The highest BCUT2D eigenvalue weighted by Gasteiger charge is 2.31. The van der Waals surface area contributed by atoms with E-state index in [1.807, 2.05) is 32.0 Å². The Morgan fingerprint density at radius 1 is 1.02 bits per heavy atom. The van der Waals surface area contributed by atoms with Crippen LogP contribution in [0, 0.1) is 11.7 Å². The number of carbonyl (C=O) groups is 3. The van der Waals surface area contributed by atoms with Crippen molar-refractivity contribution in [3.05, 3.63) is 89.7 Å². The summed E-state index contributed by atoms with van der Waals surface area (Å²) in [6.07, 6.45) is 1.76. The Labute approximate surface area is 275 Å². The Hall–Kier alpha value is -4.48. The summed E-state index contributed by atoms with van der Waals surface area (Å²) >= 11 is 0. The van der Waals surface area contributed by atoms with Gasteiger partial charge in [-0.1, -0.05) is 25.1 Å². The van der Waals surface area contributed by atoms with Gasteiger partial charge in [-0.2, -0.15) is 0 Å². The van der Waals surface area contributed by atoms with Crippen LogP contribution in [0.2, 0.25) is 0 Å². The van der Waals surface area contributed by atoms with Gasteiger partial charge in [-0.05, 0) is 87.7 Å². The van der Waals surface area contributed by atoms with E-state index in [-0.39, 0.29) is 48.7 Å². The summed E-state index contributed by atoms with van der Waals surface area (Å²) in [6.45, 7) is 6.43. The van der Waals surface area contributed by atoms with E-state index in [1.165, 1.54) is 24.3 Å². The van der Waals surface area contributed by atoms with Crippen molar-refractivity contribution in [2.45, 2.75) is 58.3 Å². The minimum Gasteiger partial charge on any atom is -0.490 e. The average Bonchev–Trinajstić information content (AvgIpc) is 3.07. The van der Waals surface area contributed by atoms with E-state index in [1.54, 1.807) is 54.1 Å². The van der Waals surface area contributed by atoms with Crippen LogP contribution in [0.5, 0.6) is 5.75 Å². The third-order valence-corrected chi connectivity index (χ3v) is 8.23. The summed E-state index contributed by atoms with van der Waals surface area (Å²) in [5, 5.41) is 15.6. The zero-order valence-corrected chi connectivity index (χ0v) is 27.4. The van der Waals surface area contributed by atoms with Crippen LogP contribution in [-0.4, -0.2) is 84.4 Å². The number of carbonyl (C=O) groups excluding carboxylic acids is 3. The summed E-state index contributed by atoms with van der Waals surface area (Å²) in [5.41, 5.74) is 1.56. The second-order valence-corrected chi connectivity index (χ2v) is 12.1. The van der Waals surface area contributed by atoms with Crippen LogP contribution in [0.1, 0.15) is 60.7 Å². The SMILES string of the molecule is C[C@@H]1CCCCO[C@@H](CN(C)C(=O)c2ccccc2)[C@H](C)CN([C@@H](C)CO)C(=O)c2cc(NC(=O)Nc3ccc(F)cc3)ccc2O1. The molecule has 0 saturated carbocycles. The molecule has 11 heteroatoms. The normalized spacial score (nSPS) is 19.8. The number of hydrogen-bond acceptors (Lipinski definition) is 6. The summed E-state index contributed by atoms with van der Waals surface area (Å²) in [4.78, 5) is 43.4. The van der Waals surface area contributed by atoms with E-state index in [2.05, 4.69) is 10.6 Å². The smallest absolute Gasteiger partial charge is 0.323 e. The van der Waals surface area contributed by atoms with E-state index >= 15 is 0 Å². The van der Waals surface area contributed by atoms with Gasteiger partial charge in [0, 0.05) is 49.6 Å². The van der Waals surface area contributed by atoms with Crippen LogP contribution in [0.3, 0.4) is 0 Å². The number of hydrogen-bond donors (Lipinski definition) is 3. The number of nitrogens with zero attached hydrogens (tertiary/aromatic N) is 2. The molecule has 10 nitrogen and oxygen atoms in total. The molecule has 0 saturated heterocycles. The number of rotatable bonds is 7. The molecule has 0 aliphatic carbocycles. The number of anilines is 2. The van der Waals surface area contributed by atoms with Crippen molar-refractivity contribution >= 4 is 29.2 Å². The molecule has 3 N–H and O–H groups in total. The number of nitrogens with one attached hydrogen (secondary N) is 2. The zero-order valence-electron chi connectivity index (χ0n) is 27.4. The molecule has 4 atom stereocenters. The van der Waals surface area contributed by atoms with Crippen molar-refractivity contribution in [2.75, 3.05) is 44.0 Å². The average molecular weight is 649 g/mol. The summed E-state index contributed by atoms with van der Waals surface area (Å²) < 4.78 is 25.9. The van der Waals surface area contributed by atoms with Crippen LogP contribution in [0.4, 0.5) is 20.6 Å². The Kier molecular flexibility index (Phi) is 12.7. The van der Waals surface area contributed by atoms with Crippen LogP contribution in [0.25, 0.3) is 0 Å². The van der Waals surface area contributed by atoms with Crippen molar-refractivity contribution in [2.24, 2.45) is 5.92 Å². The van der Waals surface area contributed by atoms with E-state index in [0.29, 0.717) is 35.8 Å². The van der Waals surface area contributed by atoms with Gasteiger partial charge < -0.3 is 35.0 Å². The van der Waals surface area contributed by atoms with Crippen molar-refractivity contribution in [1.29, 1.82) is 0 Å². The fourth-order valence-corrected chi connectivity index (χ4v) is 5.44. The third-order valence-electron chi connectivity index (χ3n) is 8.23. The minimum absolute atomic E-state index is 0.124. The maximum atomic E-state index is 14.3. The quantitative estimate of drug-likeness (QED) is 0.288. The minimum atomic E-state index is -0.567. The molecule has 0 radical (unpaired) electrons. The Balaban J connectivity index is 1.60. The number of ether oxygens (including phenoxy) is 2. The number of aliphatic hydroxyl groups excluding tert-OH is 1. The van der Waals surface area contributed by atoms with Crippen LogP contribution >= 0.6 is 0 Å². The molecular weight excluding hydrogens is 603 g/mol. The lowest BCUT2D eigenvalue weighted by Crippen LogP contribution is -2.48. The van der Waals surface area contributed by atoms with Gasteiger partial charge in [0.05, 0.1) is 30.4 Å². The number of urea groups is 1. The van der Waals surface area contributed by atoms with Gasteiger partial charge in [0.2, 0.25) is 0 Å². The van der Waals surface area contributed by atoms with Crippen molar-refractivity contribution in [3.8, 4) is 5.75 Å². The number of likely N-dealkylation sites (N-methyl/N-ethyl adjacent to an activating group) is 1. The molecule has 1 heterocycles. The van der Waals surface area contributed by atoms with Gasteiger partial charge in [-0.3, -0.25) is 9.59 Å². The molecule has 0 fully saturated rings. The molecule has 3 aromatic carbocycles. The standard InChI is InChI=1S/C36H45FN4O6/c1-24-21-41(25(2)23-42)35(44)31-20-30(39-36(45)38-29-15-13-28(37)14-16-29)17-18-32(31)47-26(3)10-8-9-19-46-33(24)22-40(4)34(43)27-11-6-5-7-12-27/h5-7,11-18,20,24-26,33,42H,8-10,19,21-23H2,1-4H3,(H2,38,39,45)/t24-,25+,26-,33+/m1/s1. The first kappa shape index (κ1) is 35.4. The first-order valence-electron chi connectivity index (χ1n) is 16.0. The van der Waals surface area contributed by atoms with Crippen LogP contribution in [0.15, 0.2) is 72.8 Å². The molecule has 252 valence electrons. The number of amides is 4. The lowest BCUT2D eigenvalue weighted by Gasteiger charge is -2.36. The number of fused-ring (bicyclic) bond motifs is 1. The van der Waals surface area contributed by atoms with Gasteiger partial charge in [0.25, 0.3) is 11.8 Å². The fourth-order valence-electron chi connectivity index (χ4n) is 5.44. The molecule has 0 spiro atoms. The lowest BCUT2D eigenvalue weighted by molar-refractivity contribution is -0.0149. The number of aliphatic hydroxyl groups is 1. The molecule has 0 aromatic heterocycles. The molecule has 0 unspecified atom stereocenters. The first-order valence-corrected chi connectivity index (χ1v) is 16.0. The van der Waals surface area contributed by atoms with E-state index in [0.717, 1.165) is 19.3 Å². The van der Waals surface area contributed by atoms with E-state index < -0.39 is 17.9 Å². The first-order chi connectivity index (χ1) is 22.5. The van der Waals surface area contributed by atoms with Crippen LogP contribution in [-0.2, 0) is 4.74 Å². The highest BCUT2D eigenvalue weighted by Crippen LogP contribution is 2.29. The molecule has 0 bridgehead atoms. The Morgan fingerprint density at radius 3 is 2.40 bits per heavy atom. The third kappa shape index (κ3) is 10.0. The lowest BCUT2D eigenvalue weighted by atomic mass is 10.0. The Morgan fingerprint density at radius 2 is 1.70 bits per heavy atom. The molecular formula is C36H45FN4O6. The summed E-state index contributed by atoms with van der Waals surface area (Å²) in [6, 6.07) is 18.2. The highest BCUT2D eigenvalue weighted by molar-refractivity contribution is 6.02. The van der Waals surface area contributed by atoms with Gasteiger partial charge in [-0.25, -0.2) is 9.18 Å². The maximum Gasteiger partial charge on any atom is 0.323 e. The summed E-state index contributed by atoms with van der Waals surface area (Å²) in [7, 11) is 1.74. The molecule has 4 rings (SSSR count). The van der Waals surface area contributed by atoms with Crippen LogP contribution < -0.4 is 15.4 Å². The molecule has 1 aliphatic rings. The fraction of sp³-hybridized carbons (Fsp3) is 0.417.